The van der Waals surface area contributed by atoms with Crippen LogP contribution in [0.2, 0.25) is 0 Å². The SMILES string of the molecule is O=C(Nc1cc2[nH]c(C(F)(F)F)cc2cn1)C1CCOCC1. The molecule has 0 unspecified atom stereocenters. The van der Waals surface area contributed by atoms with Crippen LogP contribution in [0.3, 0.4) is 0 Å². The number of aromatic nitrogens is 2. The number of aromatic amines is 1. The van der Waals surface area contributed by atoms with Crippen molar-refractivity contribution in [2.45, 2.75) is 19.0 Å². The molecule has 0 bridgehead atoms. The summed E-state index contributed by atoms with van der Waals surface area (Å²) in [7, 11) is 0. The first-order valence-corrected chi connectivity index (χ1v) is 6.88. The topological polar surface area (TPSA) is 67.0 Å². The lowest BCUT2D eigenvalue weighted by Gasteiger charge is -2.20. The van der Waals surface area contributed by atoms with Gasteiger partial charge in [0, 0.05) is 36.8 Å². The van der Waals surface area contributed by atoms with E-state index in [9.17, 15) is 18.0 Å². The molecule has 2 aromatic heterocycles. The standard InChI is InChI=1S/C14H14F3N3O2/c15-14(16,17)11-5-9-7-18-12(6-10(9)19-11)20-13(21)8-1-3-22-4-2-8/h5-8,19H,1-4H2,(H,18,20,21). The summed E-state index contributed by atoms with van der Waals surface area (Å²) in [5, 5.41) is 2.99. The van der Waals surface area contributed by atoms with Crippen LogP contribution in [0.5, 0.6) is 0 Å². The summed E-state index contributed by atoms with van der Waals surface area (Å²) in [4.78, 5) is 18.4. The quantitative estimate of drug-likeness (QED) is 0.896. The third kappa shape index (κ3) is 3.06. The molecule has 1 saturated heterocycles. The monoisotopic (exact) mass is 313 g/mol. The van der Waals surface area contributed by atoms with Gasteiger partial charge in [0.15, 0.2) is 0 Å². The molecule has 0 saturated carbocycles. The molecular weight excluding hydrogens is 299 g/mol. The Morgan fingerprint density at radius 1 is 1.32 bits per heavy atom. The molecule has 2 N–H and O–H groups in total. The zero-order valence-corrected chi connectivity index (χ0v) is 11.5. The van der Waals surface area contributed by atoms with E-state index in [1.165, 1.54) is 12.3 Å². The summed E-state index contributed by atoms with van der Waals surface area (Å²) in [6.45, 7) is 1.08. The summed E-state index contributed by atoms with van der Waals surface area (Å²) in [6.07, 6.45) is -1.87. The number of nitrogens with one attached hydrogen (secondary N) is 2. The van der Waals surface area contributed by atoms with Gasteiger partial charge in [0.05, 0.1) is 5.52 Å². The van der Waals surface area contributed by atoms with Crippen molar-refractivity contribution in [3.63, 3.8) is 0 Å². The molecule has 0 spiro atoms. The van der Waals surface area contributed by atoms with Gasteiger partial charge in [0.1, 0.15) is 11.5 Å². The highest BCUT2D eigenvalue weighted by Gasteiger charge is 2.32. The molecule has 118 valence electrons. The van der Waals surface area contributed by atoms with E-state index in [-0.39, 0.29) is 23.2 Å². The van der Waals surface area contributed by atoms with Gasteiger partial charge >= 0.3 is 6.18 Å². The maximum absolute atomic E-state index is 12.6. The summed E-state index contributed by atoms with van der Waals surface area (Å²) < 4.78 is 43.1. The summed E-state index contributed by atoms with van der Waals surface area (Å²) in [5.41, 5.74) is -0.554. The van der Waals surface area contributed by atoms with Crippen LogP contribution in [-0.4, -0.2) is 29.1 Å². The number of halogens is 3. The van der Waals surface area contributed by atoms with Gasteiger partial charge in [0.2, 0.25) is 5.91 Å². The first-order valence-electron chi connectivity index (χ1n) is 6.88. The van der Waals surface area contributed by atoms with E-state index in [2.05, 4.69) is 15.3 Å². The van der Waals surface area contributed by atoms with Crippen molar-refractivity contribution in [3.8, 4) is 0 Å². The van der Waals surface area contributed by atoms with Crippen LogP contribution in [0.25, 0.3) is 10.9 Å². The molecule has 1 amide bonds. The van der Waals surface area contributed by atoms with Crippen LogP contribution in [0.1, 0.15) is 18.5 Å². The Kier molecular flexibility index (Phi) is 3.78. The van der Waals surface area contributed by atoms with Crippen molar-refractivity contribution >= 4 is 22.6 Å². The summed E-state index contributed by atoms with van der Waals surface area (Å²) in [6, 6.07) is 2.40. The number of anilines is 1. The highest BCUT2D eigenvalue weighted by Crippen LogP contribution is 2.31. The zero-order valence-electron chi connectivity index (χ0n) is 11.5. The largest absolute Gasteiger partial charge is 0.431 e. The molecule has 0 aliphatic carbocycles. The summed E-state index contributed by atoms with van der Waals surface area (Å²) >= 11 is 0. The van der Waals surface area contributed by atoms with Crippen LogP contribution < -0.4 is 5.32 Å². The van der Waals surface area contributed by atoms with Gasteiger partial charge in [0.25, 0.3) is 0 Å². The van der Waals surface area contributed by atoms with E-state index in [1.54, 1.807) is 0 Å². The highest BCUT2D eigenvalue weighted by atomic mass is 19.4. The van der Waals surface area contributed by atoms with Crippen molar-refractivity contribution < 1.29 is 22.7 Å². The van der Waals surface area contributed by atoms with Gasteiger partial charge < -0.3 is 15.0 Å². The smallest absolute Gasteiger partial charge is 0.381 e. The van der Waals surface area contributed by atoms with Crippen LogP contribution >= 0.6 is 0 Å². The van der Waals surface area contributed by atoms with Crippen LogP contribution in [0, 0.1) is 5.92 Å². The molecule has 1 aliphatic heterocycles. The molecule has 5 nitrogen and oxygen atoms in total. The van der Waals surface area contributed by atoms with Crippen molar-refractivity contribution in [3.05, 3.63) is 24.0 Å². The fraction of sp³-hybridized carbons (Fsp3) is 0.429. The lowest BCUT2D eigenvalue weighted by molar-refractivity contribution is -0.140. The third-order valence-corrected chi connectivity index (χ3v) is 3.65. The molecule has 3 rings (SSSR count). The van der Waals surface area contributed by atoms with Crippen molar-refractivity contribution in [2.24, 2.45) is 5.92 Å². The average Bonchev–Trinajstić information content (AvgIpc) is 2.91. The molecule has 8 heteroatoms. The normalized spacial score (nSPS) is 16.9. The van der Waals surface area contributed by atoms with E-state index >= 15 is 0 Å². The van der Waals surface area contributed by atoms with Gasteiger partial charge in [-0.3, -0.25) is 4.79 Å². The molecule has 22 heavy (non-hydrogen) atoms. The molecular formula is C14H14F3N3O2. The Hall–Kier alpha value is -2.09. The Balaban J connectivity index is 1.78. The number of rotatable bonds is 2. The number of alkyl halides is 3. The molecule has 1 fully saturated rings. The van der Waals surface area contributed by atoms with Crippen LogP contribution in [0.4, 0.5) is 19.0 Å². The van der Waals surface area contributed by atoms with Gasteiger partial charge in [-0.1, -0.05) is 0 Å². The number of H-pyrrole nitrogens is 1. The summed E-state index contributed by atoms with van der Waals surface area (Å²) in [5.74, 6) is -0.0991. The highest BCUT2D eigenvalue weighted by molar-refractivity contribution is 5.93. The Morgan fingerprint density at radius 3 is 2.73 bits per heavy atom. The predicted molar refractivity (Wildman–Crippen MR) is 73.3 cm³/mol. The van der Waals surface area contributed by atoms with Crippen molar-refractivity contribution in [1.82, 2.24) is 9.97 Å². The fourth-order valence-electron chi connectivity index (χ4n) is 2.44. The number of hydrogen-bond donors (Lipinski definition) is 2. The van der Waals surface area contributed by atoms with Gasteiger partial charge in [-0.25, -0.2) is 4.98 Å². The number of carbonyl (C=O) groups is 1. The molecule has 0 aromatic carbocycles. The maximum Gasteiger partial charge on any atom is 0.431 e. The number of fused-ring (bicyclic) bond motifs is 1. The van der Waals surface area contributed by atoms with Crippen LogP contribution in [0.15, 0.2) is 18.3 Å². The number of carbonyl (C=O) groups excluding carboxylic acids is 1. The van der Waals surface area contributed by atoms with E-state index < -0.39 is 11.9 Å². The second-order valence-corrected chi connectivity index (χ2v) is 5.21. The second kappa shape index (κ2) is 5.60. The minimum Gasteiger partial charge on any atom is -0.381 e. The number of hydrogen-bond acceptors (Lipinski definition) is 3. The van der Waals surface area contributed by atoms with E-state index in [0.717, 1.165) is 6.07 Å². The number of amides is 1. The third-order valence-electron chi connectivity index (χ3n) is 3.65. The minimum atomic E-state index is -4.44. The van der Waals surface area contributed by atoms with Gasteiger partial charge in [-0.05, 0) is 18.9 Å². The fourth-order valence-corrected chi connectivity index (χ4v) is 2.44. The maximum atomic E-state index is 12.6. The molecule has 3 heterocycles. The Labute approximate surface area is 123 Å². The minimum absolute atomic E-state index is 0.152. The van der Waals surface area contributed by atoms with Crippen molar-refractivity contribution in [2.75, 3.05) is 18.5 Å². The molecule has 1 aliphatic rings. The Morgan fingerprint density at radius 2 is 2.05 bits per heavy atom. The average molecular weight is 313 g/mol. The lowest BCUT2D eigenvalue weighted by Crippen LogP contribution is -2.28. The molecule has 2 aromatic rings. The van der Waals surface area contributed by atoms with Crippen molar-refractivity contribution in [1.29, 1.82) is 0 Å². The molecule has 0 radical (unpaired) electrons. The molecule has 0 atom stereocenters. The first-order chi connectivity index (χ1) is 10.4. The zero-order chi connectivity index (χ0) is 15.7. The van der Waals surface area contributed by atoms with E-state index in [0.29, 0.717) is 31.4 Å². The van der Waals surface area contributed by atoms with Crippen LogP contribution in [-0.2, 0) is 15.7 Å². The first kappa shape index (κ1) is 14.8. The van der Waals surface area contributed by atoms with Gasteiger partial charge in [-0.15, -0.1) is 0 Å². The van der Waals surface area contributed by atoms with E-state index in [4.69, 9.17) is 4.74 Å². The lowest BCUT2D eigenvalue weighted by atomic mass is 9.99. The Bertz CT molecular complexity index is 690. The number of pyridine rings is 1. The van der Waals surface area contributed by atoms with Gasteiger partial charge in [-0.2, -0.15) is 13.2 Å². The number of ether oxygens (including phenoxy) is 1. The number of nitrogens with zero attached hydrogens (tertiary/aromatic N) is 1. The predicted octanol–water partition coefficient (Wildman–Crippen LogP) is 2.95. The van der Waals surface area contributed by atoms with E-state index in [1.807, 2.05) is 0 Å². The second-order valence-electron chi connectivity index (χ2n) is 5.21.